The highest BCUT2D eigenvalue weighted by Gasteiger charge is 2.38. The van der Waals surface area contributed by atoms with Gasteiger partial charge in [-0.3, -0.25) is 0 Å². The molecule has 1 aromatic carbocycles. The van der Waals surface area contributed by atoms with Gasteiger partial charge in [-0.2, -0.15) is 0 Å². The number of benzene rings is 1. The summed E-state index contributed by atoms with van der Waals surface area (Å²) in [6, 6.07) is 5.57. The first kappa shape index (κ1) is 14.6. The fraction of sp³-hybridized carbons (Fsp3) is 0.500. The standard InChI is InChI=1S/C14H20ClN3S/c1-18(2)14(6-3-7-14)9-17-12-8-10(15)4-5-11(12)13(16)19/h4-5,8,17H,3,6-7,9H2,1-2H3,(H2,16,19). The highest BCUT2D eigenvalue weighted by atomic mass is 35.5. The maximum absolute atomic E-state index is 6.05. The van der Waals surface area contributed by atoms with E-state index in [1.54, 1.807) is 0 Å². The average Bonchev–Trinajstić information content (AvgIpc) is 2.26. The van der Waals surface area contributed by atoms with Gasteiger partial charge in [0.15, 0.2) is 0 Å². The third kappa shape index (κ3) is 3.02. The zero-order valence-corrected chi connectivity index (χ0v) is 12.9. The predicted molar refractivity (Wildman–Crippen MR) is 86.1 cm³/mol. The van der Waals surface area contributed by atoms with E-state index >= 15 is 0 Å². The first-order chi connectivity index (χ1) is 8.94. The molecule has 0 aromatic heterocycles. The molecule has 0 spiro atoms. The molecule has 0 atom stereocenters. The maximum Gasteiger partial charge on any atom is 0.106 e. The van der Waals surface area contributed by atoms with Gasteiger partial charge in [-0.05, 0) is 51.6 Å². The molecule has 3 N–H and O–H groups in total. The van der Waals surface area contributed by atoms with Crippen LogP contribution in [0.25, 0.3) is 0 Å². The van der Waals surface area contributed by atoms with Crippen molar-refractivity contribution < 1.29 is 0 Å². The van der Waals surface area contributed by atoms with E-state index < -0.39 is 0 Å². The number of hydrogen-bond donors (Lipinski definition) is 2. The summed E-state index contributed by atoms with van der Waals surface area (Å²) >= 11 is 11.1. The van der Waals surface area contributed by atoms with E-state index in [2.05, 4.69) is 24.3 Å². The molecule has 0 aliphatic heterocycles. The summed E-state index contributed by atoms with van der Waals surface area (Å²) in [5, 5.41) is 4.16. The van der Waals surface area contributed by atoms with Crippen LogP contribution in [0.1, 0.15) is 24.8 Å². The first-order valence-corrected chi connectivity index (χ1v) is 7.24. The van der Waals surface area contributed by atoms with Crippen molar-refractivity contribution in [2.45, 2.75) is 24.8 Å². The van der Waals surface area contributed by atoms with Crippen LogP contribution in [0.5, 0.6) is 0 Å². The van der Waals surface area contributed by atoms with Crippen molar-refractivity contribution in [3.8, 4) is 0 Å². The number of nitrogens with zero attached hydrogens (tertiary/aromatic N) is 1. The minimum atomic E-state index is 0.246. The van der Waals surface area contributed by atoms with Crippen molar-refractivity contribution in [2.75, 3.05) is 26.0 Å². The molecule has 3 nitrogen and oxygen atoms in total. The Labute approximate surface area is 125 Å². The molecule has 1 fully saturated rings. The van der Waals surface area contributed by atoms with Crippen LogP contribution in [0.4, 0.5) is 5.69 Å². The Morgan fingerprint density at radius 3 is 2.63 bits per heavy atom. The smallest absolute Gasteiger partial charge is 0.106 e. The number of rotatable bonds is 5. The summed E-state index contributed by atoms with van der Waals surface area (Å²) in [7, 11) is 4.26. The van der Waals surface area contributed by atoms with Crippen molar-refractivity contribution in [1.29, 1.82) is 0 Å². The number of likely N-dealkylation sites (N-methyl/N-ethyl adjacent to an activating group) is 1. The molecule has 1 aromatic rings. The molecule has 0 heterocycles. The minimum absolute atomic E-state index is 0.246. The molecule has 104 valence electrons. The number of nitrogens with two attached hydrogens (primary N) is 1. The largest absolute Gasteiger partial charge is 0.389 e. The van der Waals surface area contributed by atoms with E-state index in [0.29, 0.717) is 10.0 Å². The molecular formula is C14H20ClN3S. The van der Waals surface area contributed by atoms with Crippen LogP contribution >= 0.6 is 23.8 Å². The lowest BCUT2D eigenvalue weighted by molar-refractivity contribution is 0.0739. The van der Waals surface area contributed by atoms with Crippen molar-refractivity contribution in [3.05, 3.63) is 28.8 Å². The predicted octanol–water partition coefficient (Wildman–Crippen LogP) is 2.87. The third-order valence-electron chi connectivity index (χ3n) is 4.09. The van der Waals surface area contributed by atoms with Gasteiger partial charge in [0.1, 0.15) is 4.99 Å². The van der Waals surface area contributed by atoms with Gasteiger partial charge in [0.25, 0.3) is 0 Å². The van der Waals surface area contributed by atoms with Crippen LogP contribution in [-0.4, -0.2) is 36.1 Å². The fourth-order valence-electron chi connectivity index (χ4n) is 2.50. The number of anilines is 1. The van der Waals surface area contributed by atoms with Gasteiger partial charge in [-0.1, -0.05) is 23.8 Å². The van der Waals surface area contributed by atoms with Crippen LogP contribution in [0.15, 0.2) is 18.2 Å². The molecule has 19 heavy (non-hydrogen) atoms. The summed E-state index contributed by atoms with van der Waals surface area (Å²) in [6.45, 7) is 0.885. The van der Waals surface area contributed by atoms with Gasteiger partial charge in [-0.15, -0.1) is 0 Å². The lowest BCUT2D eigenvalue weighted by atomic mass is 9.75. The lowest BCUT2D eigenvalue weighted by Gasteiger charge is -2.47. The lowest BCUT2D eigenvalue weighted by Crippen LogP contribution is -2.54. The number of halogens is 1. The van der Waals surface area contributed by atoms with Gasteiger partial charge >= 0.3 is 0 Å². The summed E-state index contributed by atoms with van der Waals surface area (Å²) in [4.78, 5) is 2.70. The molecule has 1 aliphatic rings. The van der Waals surface area contributed by atoms with Gasteiger partial charge in [-0.25, -0.2) is 0 Å². The molecule has 2 rings (SSSR count). The van der Waals surface area contributed by atoms with E-state index in [1.807, 2.05) is 18.2 Å². The van der Waals surface area contributed by atoms with Gasteiger partial charge in [0.2, 0.25) is 0 Å². The van der Waals surface area contributed by atoms with E-state index in [1.165, 1.54) is 19.3 Å². The molecule has 0 bridgehead atoms. The molecule has 5 heteroatoms. The molecule has 0 radical (unpaired) electrons. The van der Waals surface area contributed by atoms with Crippen molar-refractivity contribution in [1.82, 2.24) is 4.90 Å². The summed E-state index contributed by atoms with van der Waals surface area (Å²) in [5.74, 6) is 0. The Hall–Kier alpha value is -0.840. The normalized spacial score (nSPS) is 17.1. The number of nitrogens with one attached hydrogen (secondary N) is 1. The quantitative estimate of drug-likeness (QED) is 0.820. The highest BCUT2D eigenvalue weighted by molar-refractivity contribution is 7.80. The molecule has 0 saturated heterocycles. The summed E-state index contributed by atoms with van der Waals surface area (Å²) in [6.07, 6.45) is 3.73. The SMILES string of the molecule is CN(C)C1(CNc2cc(Cl)ccc2C(N)=S)CCC1. The monoisotopic (exact) mass is 297 g/mol. The molecule has 0 amide bonds. The average molecular weight is 298 g/mol. The number of hydrogen-bond acceptors (Lipinski definition) is 3. The molecule has 1 saturated carbocycles. The second-order valence-corrected chi connectivity index (χ2v) is 6.26. The first-order valence-electron chi connectivity index (χ1n) is 6.45. The topological polar surface area (TPSA) is 41.3 Å². The van der Waals surface area contributed by atoms with Crippen LogP contribution in [0, 0.1) is 0 Å². The van der Waals surface area contributed by atoms with Crippen molar-refractivity contribution >= 4 is 34.5 Å². The van der Waals surface area contributed by atoms with E-state index in [0.717, 1.165) is 17.8 Å². The molecular weight excluding hydrogens is 278 g/mol. The Morgan fingerprint density at radius 2 is 2.16 bits per heavy atom. The van der Waals surface area contributed by atoms with E-state index in [-0.39, 0.29) is 5.54 Å². The van der Waals surface area contributed by atoms with Gasteiger partial charge in [0, 0.05) is 28.4 Å². The number of thiocarbonyl (C=S) groups is 1. The van der Waals surface area contributed by atoms with E-state index in [9.17, 15) is 0 Å². The zero-order valence-electron chi connectivity index (χ0n) is 11.4. The van der Waals surface area contributed by atoms with Gasteiger partial charge < -0.3 is 16.0 Å². The summed E-state index contributed by atoms with van der Waals surface area (Å²) < 4.78 is 0. The second-order valence-electron chi connectivity index (χ2n) is 5.38. The van der Waals surface area contributed by atoms with E-state index in [4.69, 9.17) is 29.6 Å². The molecule has 1 aliphatic carbocycles. The Morgan fingerprint density at radius 1 is 1.47 bits per heavy atom. The highest BCUT2D eigenvalue weighted by Crippen LogP contribution is 2.36. The van der Waals surface area contributed by atoms with Crippen molar-refractivity contribution in [3.63, 3.8) is 0 Å². The fourth-order valence-corrected chi connectivity index (χ4v) is 2.85. The maximum atomic E-state index is 6.05. The Bertz CT molecular complexity index is 484. The Balaban J connectivity index is 2.15. The minimum Gasteiger partial charge on any atom is -0.389 e. The van der Waals surface area contributed by atoms with Crippen molar-refractivity contribution in [2.24, 2.45) is 5.73 Å². The van der Waals surface area contributed by atoms with Crippen LogP contribution in [-0.2, 0) is 0 Å². The van der Waals surface area contributed by atoms with Gasteiger partial charge in [0.05, 0.1) is 0 Å². The second kappa shape index (κ2) is 5.65. The van der Waals surface area contributed by atoms with Crippen LogP contribution < -0.4 is 11.1 Å². The zero-order chi connectivity index (χ0) is 14.0. The Kier molecular flexibility index (Phi) is 4.33. The van der Waals surface area contributed by atoms with Crippen LogP contribution in [0.3, 0.4) is 0 Å². The van der Waals surface area contributed by atoms with Crippen LogP contribution in [0.2, 0.25) is 5.02 Å². The molecule has 0 unspecified atom stereocenters. The summed E-state index contributed by atoms with van der Waals surface area (Å²) in [5.41, 5.74) is 7.77. The third-order valence-corrected chi connectivity index (χ3v) is 4.54.